The molecule has 0 amide bonds. The maximum atomic E-state index is 10.9. The Kier molecular flexibility index (Phi) is 11.5. The molecular weight excluding hydrogens is 276 g/mol. The molecule has 1 saturated carbocycles. The molecule has 21 heavy (non-hydrogen) atoms. The van der Waals surface area contributed by atoms with Gasteiger partial charge in [0.15, 0.2) is 0 Å². The van der Waals surface area contributed by atoms with Gasteiger partial charge in [-0.1, -0.05) is 51.9 Å². The Bertz CT molecular complexity index is 291. The van der Waals surface area contributed by atoms with Crippen molar-refractivity contribution < 1.29 is 10.0 Å². The van der Waals surface area contributed by atoms with Crippen molar-refractivity contribution in [2.24, 2.45) is 5.92 Å². The lowest BCUT2D eigenvalue weighted by molar-refractivity contribution is -0.536. The fourth-order valence-corrected chi connectivity index (χ4v) is 2.65. The van der Waals surface area contributed by atoms with Crippen molar-refractivity contribution >= 4 is 0 Å². The lowest BCUT2D eigenvalue weighted by Crippen LogP contribution is -2.33. The largest absolute Gasteiger partial charge is 0.356 e. The molecule has 1 aliphatic rings. The van der Waals surface area contributed by atoms with Crippen LogP contribution in [0, 0.1) is 31.4 Å². The summed E-state index contributed by atoms with van der Waals surface area (Å²) in [5, 5.41) is 25.7. The van der Waals surface area contributed by atoms with Gasteiger partial charge in [-0.05, 0) is 19.3 Å². The Balaban J connectivity index is 0.000000885. The molecule has 0 N–H and O–H groups in total. The van der Waals surface area contributed by atoms with E-state index >= 15 is 0 Å². The number of unbranched alkanes of at least 4 members (excludes halogenated alkanes) is 6. The maximum Gasteiger partial charge on any atom is 0.215 e. The third-order valence-electron chi connectivity index (χ3n) is 4.07. The van der Waals surface area contributed by atoms with Crippen LogP contribution >= 0.6 is 0 Å². The van der Waals surface area contributed by atoms with Crippen LogP contribution in [-0.4, -0.2) is 16.1 Å². The minimum absolute atomic E-state index is 0.0269. The number of nitrogens with zero attached hydrogens (tertiary/aromatic N) is 2. The summed E-state index contributed by atoms with van der Waals surface area (Å²) in [4.78, 5) is 19.2. The zero-order chi connectivity index (χ0) is 16.1. The third kappa shape index (κ3) is 11.0. The molecule has 0 aromatic rings. The summed E-state index contributed by atoms with van der Waals surface area (Å²) in [5.74, 6) is 0.394. The van der Waals surface area contributed by atoms with Gasteiger partial charge in [0.25, 0.3) is 0 Å². The van der Waals surface area contributed by atoms with Crippen LogP contribution in [0.5, 0.6) is 0 Å². The number of hydrogen-bond acceptors (Lipinski definition) is 5. The van der Waals surface area contributed by atoms with Crippen LogP contribution in [0.3, 0.4) is 0 Å². The molecule has 1 atom stereocenters. The summed E-state index contributed by atoms with van der Waals surface area (Å²) in [6, 6.07) is -0.237. The predicted molar refractivity (Wildman–Crippen MR) is 81.1 cm³/mol. The van der Waals surface area contributed by atoms with Crippen molar-refractivity contribution in [1.82, 2.24) is 0 Å². The van der Waals surface area contributed by atoms with Gasteiger partial charge in [-0.15, -0.1) is 0 Å². The Morgan fingerprint density at radius 3 is 1.81 bits per heavy atom. The molecule has 0 aliphatic heterocycles. The van der Waals surface area contributed by atoms with Crippen LogP contribution in [0.2, 0.25) is 0 Å². The molecule has 1 fully saturated rings. The van der Waals surface area contributed by atoms with Crippen LogP contribution in [0.15, 0.2) is 0 Å². The van der Waals surface area contributed by atoms with E-state index in [9.17, 15) is 10.1 Å². The van der Waals surface area contributed by atoms with E-state index in [1.54, 1.807) is 0 Å². The van der Waals surface area contributed by atoms with Crippen LogP contribution in [0.25, 0.3) is 0 Å². The first kappa shape index (κ1) is 19.6. The van der Waals surface area contributed by atoms with Gasteiger partial charge in [-0.3, -0.25) is 10.1 Å². The van der Waals surface area contributed by atoms with E-state index in [1.807, 2.05) is 0 Å². The SMILES string of the molecule is CCCCCCCCCC(C1CCC1)[N+](=O)[O-].O=[N+]([O-])[O-]. The first-order valence-electron chi connectivity index (χ1n) is 7.94. The molecule has 0 heterocycles. The molecule has 0 saturated heterocycles. The van der Waals surface area contributed by atoms with E-state index in [0.29, 0.717) is 5.92 Å². The van der Waals surface area contributed by atoms with E-state index in [4.69, 9.17) is 15.3 Å². The van der Waals surface area contributed by atoms with Gasteiger partial charge in [-0.2, -0.15) is 0 Å². The normalized spacial score (nSPS) is 15.5. The summed E-state index contributed by atoms with van der Waals surface area (Å²) >= 11 is 0. The summed E-state index contributed by atoms with van der Waals surface area (Å²) in [5.41, 5.74) is 0. The lowest BCUT2D eigenvalue weighted by Gasteiger charge is -2.27. The van der Waals surface area contributed by atoms with Crippen LogP contribution < -0.4 is 0 Å². The summed E-state index contributed by atoms with van der Waals surface area (Å²) in [7, 11) is 0. The van der Waals surface area contributed by atoms with Crippen molar-refractivity contribution in [2.75, 3.05) is 0 Å². The Morgan fingerprint density at radius 2 is 1.43 bits per heavy atom. The van der Waals surface area contributed by atoms with Gasteiger partial charge in [0.1, 0.15) is 0 Å². The van der Waals surface area contributed by atoms with Crippen molar-refractivity contribution in [2.45, 2.75) is 83.6 Å². The molecule has 7 heteroatoms. The van der Waals surface area contributed by atoms with Gasteiger partial charge in [-0.25, -0.2) is 0 Å². The molecule has 0 bridgehead atoms. The van der Waals surface area contributed by atoms with Crippen LogP contribution in [0.1, 0.15) is 77.6 Å². The second kappa shape index (κ2) is 12.3. The molecular formula is C14H27N2O5-. The van der Waals surface area contributed by atoms with E-state index in [0.717, 1.165) is 25.7 Å². The Hall–Kier alpha value is -1.40. The average Bonchev–Trinajstić information content (AvgIpc) is 2.33. The average molecular weight is 303 g/mol. The minimum atomic E-state index is -1.75. The highest BCUT2D eigenvalue weighted by Crippen LogP contribution is 2.33. The molecule has 0 spiro atoms. The zero-order valence-corrected chi connectivity index (χ0v) is 12.9. The minimum Gasteiger partial charge on any atom is -0.356 e. The standard InChI is InChI=1S/C14H27NO2.NO3/c1-2-3-4-5-6-7-8-12-14(15(16)17)13-10-9-11-13;2-1(3)4/h13-14H,2-12H2,1H3;/q;-1. The van der Waals surface area contributed by atoms with Crippen molar-refractivity contribution in [1.29, 1.82) is 0 Å². The smallest absolute Gasteiger partial charge is 0.215 e. The van der Waals surface area contributed by atoms with E-state index < -0.39 is 5.09 Å². The fraction of sp³-hybridized carbons (Fsp3) is 1.00. The molecule has 1 unspecified atom stereocenters. The predicted octanol–water partition coefficient (Wildman–Crippen LogP) is 4.33. The number of nitro groups is 1. The highest BCUT2D eigenvalue weighted by molar-refractivity contribution is 4.77. The van der Waals surface area contributed by atoms with Crippen LogP contribution in [-0.2, 0) is 0 Å². The van der Waals surface area contributed by atoms with Gasteiger partial charge in [0, 0.05) is 17.3 Å². The van der Waals surface area contributed by atoms with Crippen molar-refractivity contribution in [3.05, 3.63) is 25.4 Å². The van der Waals surface area contributed by atoms with Gasteiger partial charge < -0.3 is 15.3 Å². The molecule has 1 aliphatic carbocycles. The summed E-state index contributed by atoms with van der Waals surface area (Å²) in [6.45, 7) is 2.22. The topological polar surface area (TPSA) is 109 Å². The summed E-state index contributed by atoms with van der Waals surface area (Å²) in [6.07, 6.45) is 12.9. The first-order chi connectivity index (χ1) is 9.99. The lowest BCUT2D eigenvalue weighted by atomic mass is 9.78. The summed E-state index contributed by atoms with van der Waals surface area (Å²) < 4.78 is 0. The molecule has 1 rings (SSSR count). The molecule has 0 radical (unpaired) electrons. The Morgan fingerprint density at radius 1 is 0.952 bits per heavy atom. The second-order valence-corrected chi connectivity index (χ2v) is 5.68. The monoisotopic (exact) mass is 303 g/mol. The van der Waals surface area contributed by atoms with Crippen LogP contribution in [0.4, 0.5) is 0 Å². The quantitative estimate of drug-likeness (QED) is 0.339. The van der Waals surface area contributed by atoms with E-state index in [-0.39, 0.29) is 11.0 Å². The highest BCUT2D eigenvalue weighted by atomic mass is 16.9. The zero-order valence-electron chi connectivity index (χ0n) is 12.9. The molecule has 124 valence electrons. The molecule has 0 aromatic heterocycles. The highest BCUT2D eigenvalue weighted by Gasteiger charge is 2.34. The van der Waals surface area contributed by atoms with Gasteiger partial charge in [0.2, 0.25) is 6.04 Å². The van der Waals surface area contributed by atoms with E-state index in [1.165, 1.54) is 44.9 Å². The van der Waals surface area contributed by atoms with E-state index in [2.05, 4.69) is 6.92 Å². The molecule has 7 nitrogen and oxygen atoms in total. The third-order valence-corrected chi connectivity index (χ3v) is 4.07. The van der Waals surface area contributed by atoms with Gasteiger partial charge in [0.05, 0.1) is 5.09 Å². The molecule has 0 aromatic carbocycles. The van der Waals surface area contributed by atoms with Crippen molar-refractivity contribution in [3.63, 3.8) is 0 Å². The Labute approximate surface area is 126 Å². The first-order valence-corrected chi connectivity index (χ1v) is 7.94. The number of rotatable bonds is 10. The maximum absolute atomic E-state index is 10.9. The van der Waals surface area contributed by atoms with Gasteiger partial charge >= 0.3 is 0 Å². The van der Waals surface area contributed by atoms with Crippen molar-refractivity contribution in [3.8, 4) is 0 Å². The fourth-order valence-electron chi connectivity index (χ4n) is 2.65. The second-order valence-electron chi connectivity index (χ2n) is 5.68. The number of hydrogen-bond donors (Lipinski definition) is 0.